The van der Waals surface area contributed by atoms with E-state index < -0.39 is 11.9 Å². The molecule has 0 aromatic heterocycles. The number of ether oxygens (including phenoxy) is 2. The molecule has 17 heavy (non-hydrogen) atoms. The Balaban J connectivity index is 2.66. The normalized spacial score (nSPS) is 12.1. The minimum absolute atomic E-state index is 0.415. The number of carbonyl (C=O) groups is 1. The number of carboxylic acids is 1. The molecular weight excluding hydrogens is 220 g/mol. The summed E-state index contributed by atoms with van der Waals surface area (Å²) in [4.78, 5) is 10.8. The third-order valence-corrected chi connectivity index (χ3v) is 2.47. The fourth-order valence-corrected chi connectivity index (χ4v) is 1.47. The largest absolute Gasteiger partial charge is 0.491 e. The van der Waals surface area contributed by atoms with Crippen LogP contribution in [0.15, 0.2) is 24.3 Å². The summed E-state index contributed by atoms with van der Waals surface area (Å²) in [5.41, 5.74) is 0.915. The topological polar surface area (TPSA) is 55.8 Å². The van der Waals surface area contributed by atoms with Crippen molar-refractivity contribution in [2.75, 3.05) is 20.3 Å². The molecule has 0 saturated carbocycles. The first-order valence-corrected chi connectivity index (χ1v) is 5.57. The summed E-state index contributed by atoms with van der Waals surface area (Å²) in [5.74, 6) is -0.475. The van der Waals surface area contributed by atoms with E-state index >= 15 is 0 Å². The molecule has 0 heterocycles. The average molecular weight is 238 g/mol. The molecule has 1 atom stereocenters. The molecular formula is C13H18O4. The number of aliphatic carboxylic acids is 1. The lowest BCUT2D eigenvalue weighted by Crippen LogP contribution is -2.13. The molecule has 1 unspecified atom stereocenters. The highest BCUT2D eigenvalue weighted by molar-refractivity contribution is 5.70. The molecule has 1 aromatic carbocycles. The Kier molecular flexibility index (Phi) is 5.49. The van der Waals surface area contributed by atoms with Crippen LogP contribution in [0.25, 0.3) is 0 Å². The molecule has 94 valence electrons. The van der Waals surface area contributed by atoms with Gasteiger partial charge in [0.25, 0.3) is 0 Å². The zero-order valence-electron chi connectivity index (χ0n) is 10.2. The molecule has 0 radical (unpaired) electrons. The Bertz CT molecular complexity index is 362. The molecule has 0 aliphatic rings. The van der Waals surface area contributed by atoms with E-state index in [2.05, 4.69) is 0 Å². The van der Waals surface area contributed by atoms with Gasteiger partial charge in [0.1, 0.15) is 12.4 Å². The molecule has 4 heteroatoms. The molecule has 0 bridgehead atoms. The van der Waals surface area contributed by atoms with E-state index in [1.54, 1.807) is 14.0 Å². The quantitative estimate of drug-likeness (QED) is 0.738. The van der Waals surface area contributed by atoms with E-state index in [9.17, 15) is 4.79 Å². The van der Waals surface area contributed by atoms with Crippen LogP contribution >= 0.6 is 0 Å². The van der Waals surface area contributed by atoms with E-state index in [1.165, 1.54) is 0 Å². The second kappa shape index (κ2) is 6.91. The van der Waals surface area contributed by atoms with Crippen LogP contribution in [0.4, 0.5) is 0 Å². The Labute approximate surface area is 101 Å². The highest BCUT2D eigenvalue weighted by atomic mass is 16.5. The van der Waals surface area contributed by atoms with Crippen LogP contribution in [0, 0.1) is 5.92 Å². The van der Waals surface area contributed by atoms with Crippen molar-refractivity contribution >= 4 is 5.97 Å². The van der Waals surface area contributed by atoms with Crippen molar-refractivity contribution < 1.29 is 19.4 Å². The molecule has 0 saturated heterocycles. The zero-order valence-corrected chi connectivity index (χ0v) is 10.2. The standard InChI is InChI=1S/C13H18O4/c1-10(13(14)15)9-11-5-3-4-6-12(11)17-8-7-16-2/h3-6,10H,7-9H2,1-2H3,(H,14,15). The minimum atomic E-state index is -0.795. The third kappa shape index (κ3) is 4.44. The second-order valence-electron chi connectivity index (χ2n) is 3.89. The lowest BCUT2D eigenvalue weighted by atomic mass is 10.0. The van der Waals surface area contributed by atoms with E-state index in [0.29, 0.717) is 19.6 Å². The smallest absolute Gasteiger partial charge is 0.306 e. The Morgan fingerprint density at radius 3 is 2.71 bits per heavy atom. The van der Waals surface area contributed by atoms with Gasteiger partial charge >= 0.3 is 5.97 Å². The first kappa shape index (κ1) is 13.5. The van der Waals surface area contributed by atoms with Gasteiger partial charge in [-0.2, -0.15) is 0 Å². The fraction of sp³-hybridized carbons (Fsp3) is 0.462. The SMILES string of the molecule is COCCOc1ccccc1CC(C)C(=O)O. The number of para-hydroxylation sites is 1. The maximum atomic E-state index is 10.8. The van der Waals surface area contributed by atoms with Crippen LogP contribution < -0.4 is 4.74 Å². The molecule has 0 amide bonds. The van der Waals surface area contributed by atoms with Crippen molar-refractivity contribution in [2.24, 2.45) is 5.92 Å². The summed E-state index contributed by atoms with van der Waals surface area (Å²) < 4.78 is 10.4. The maximum absolute atomic E-state index is 10.8. The first-order valence-electron chi connectivity index (χ1n) is 5.57. The van der Waals surface area contributed by atoms with Crippen LogP contribution in [0.5, 0.6) is 5.75 Å². The summed E-state index contributed by atoms with van der Waals surface area (Å²) in [5, 5.41) is 8.89. The maximum Gasteiger partial charge on any atom is 0.306 e. The van der Waals surface area contributed by atoms with E-state index in [0.717, 1.165) is 11.3 Å². The summed E-state index contributed by atoms with van der Waals surface area (Å²) in [6.45, 7) is 2.67. The van der Waals surface area contributed by atoms with Crippen molar-refractivity contribution in [3.8, 4) is 5.75 Å². The van der Waals surface area contributed by atoms with Gasteiger partial charge in [0, 0.05) is 7.11 Å². The summed E-state index contributed by atoms with van der Waals surface area (Å²) in [7, 11) is 1.61. The molecule has 4 nitrogen and oxygen atoms in total. The lowest BCUT2D eigenvalue weighted by molar-refractivity contribution is -0.141. The van der Waals surface area contributed by atoms with Gasteiger partial charge in [-0.25, -0.2) is 0 Å². The van der Waals surface area contributed by atoms with Crippen molar-refractivity contribution in [1.82, 2.24) is 0 Å². The van der Waals surface area contributed by atoms with Gasteiger partial charge in [-0.1, -0.05) is 25.1 Å². The molecule has 0 spiro atoms. The Morgan fingerprint density at radius 2 is 2.06 bits per heavy atom. The number of rotatable bonds is 7. The van der Waals surface area contributed by atoms with Gasteiger partial charge in [-0.05, 0) is 18.1 Å². The number of methoxy groups -OCH3 is 1. The van der Waals surface area contributed by atoms with Gasteiger partial charge in [0.2, 0.25) is 0 Å². The van der Waals surface area contributed by atoms with Gasteiger partial charge in [0.05, 0.1) is 12.5 Å². The van der Waals surface area contributed by atoms with Crippen LogP contribution in [0.2, 0.25) is 0 Å². The molecule has 0 aliphatic carbocycles. The van der Waals surface area contributed by atoms with Crippen molar-refractivity contribution in [3.63, 3.8) is 0 Å². The Morgan fingerprint density at radius 1 is 1.35 bits per heavy atom. The van der Waals surface area contributed by atoms with Crippen molar-refractivity contribution in [3.05, 3.63) is 29.8 Å². The number of carboxylic acid groups (broad SMARTS) is 1. The van der Waals surface area contributed by atoms with Crippen LogP contribution in [-0.2, 0) is 16.0 Å². The van der Waals surface area contributed by atoms with Gasteiger partial charge < -0.3 is 14.6 Å². The van der Waals surface area contributed by atoms with Crippen molar-refractivity contribution in [2.45, 2.75) is 13.3 Å². The van der Waals surface area contributed by atoms with Gasteiger partial charge in [-0.15, -0.1) is 0 Å². The van der Waals surface area contributed by atoms with E-state index in [4.69, 9.17) is 14.6 Å². The highest BCUT2D eigenvalue weighted by Gasteiger charge is 2.14. The average Bonchev–Trinajstić information content (AvgIpc) is 2.31. The first-order chi connectivity index (χ1) is 8.15. The van der Waals surface area contributed by atoms with Gasteiger partial charge in [-0.3, -0.25) is 4.79 Å². The predicted octanol–water partition coefficient (Wildman–Crippen LogP) is 1.98. The van der Waals surface area contributed by atoms with Crippen LogP contribution in [-0.4, -0.2) is 31.4 Å². The lowest BCUT2D eigenvalue weighted by Gasteiger charge is -2.12. The monoisotopic (exact) mass is 238 g/mol. The third-order valence-electron chi connectivity index (χ3n) is 2.47. The van der Waals surface area contributed by atoms with Crippen molar-refractivity contribution in [1.29, 1.82) is 0 Å². The molecule has 1 rings (SSSR count). The molecule has 1 N–H and O–H groups in total. The Hall–Kier alpha value is -1.55. The molecule has 1 aromatic rings. The van der Waals surface area contributed by atoms with Crippen LogP contribution in [0.3, 0.4) is 0 Å². The molecule has 0 aliphatic heterocycles. The predicted molar refractivity (Wildman–Crippen MR) is 64.3 cm³/mol. The van der Waals surface area contributed by atoms with E-state index in [-0.39, 0.29) is 0 Å². The number of hydrogen-bond donors (Lipinski definition) is 1. The number of benzene rings is 1. The van der Waals surface area contributed by atoms with Gasteiger partial charge in [0.15, 0.2) is 0 Å². The zero-order chi connectivity index (χ0) is 12.7. The summed E-state index contributed by atoms with van der Waals surface area (Å²) >= 11 is 0. The van der Waals surface area contributed by atoms with Crippen LogP contribution in [0.1, 0.15) is 12.5 Å². The fourth-order valence-electron chi connectivity index (χ4n) is 1.47. The second-order valence-corrected chi connectivity index (χ2v) is 3.89. The summed E-state index contributed by atoms with van der Waals surface area (Å²) in [6.07, 6.45) is 0.471. The number of hydrogen-bond acceptors (Lipinski definition) is 3. The summed E-state index contributed by atoms with van der Waals surface area (Å²) in [6, 6.07) is 7.49. The molecule has 0 fully saturated rings. The highest BCUT2D eigenvalue weighted by Crippen LogP contribution is 2.21. The van der Waals surface area contributed by atoms with E-state index in [1.807, 2.05) is 24.3 Å². The minimum Gasteiger partial charge on any atom is -0.491 e.